The van der Waals surface area contributed by atoms with Crippen LogP contribution >= 0.6 is 0 Å². The van der Waals surface area contributed by atoms with Crippen LogP contribution in [-0.4, -0.2) is 37.2 Å². The Morgan fingerprint density at radius 2 is 1.30 bits per heavy atom. The topological polar surface area (TPSA) is 92.7 Å². The van der Waals surface area contributed by atoms with Crippen molar-refractivity contribution in [2.75, 3.05) is 7.11 Å². The number of halogens is 3. The predicted molar refractivity (Wildman–Crippen MR) is 146 cm³/mol. The third-order valence-electron chi connectivity index (χ3n) is 5.27. The summed E-state index contributed by atoms with van der Waals surface area (Å²) in [6, 6.07) is 30.6. The van der Waals surface area contributed by atoms with Crippen LogP contribution in [-0.2, 0) is 25.7 Å². The number of carbonyl (C=O) groups is 1. The molecule has 11 heteroatoms. The van der Waals surface area contributed by atoms with Gasteiger partial charge in [-0.15, -0.1) is 0 Å². The molecule has 212 valence electrons. The first kappa shape index (κ1) is 31.0. The second kappa shape index (κ2) is 12.3. The van der Waals surface area contributed by atoms with Gasteiger partial charge >= 0.3 is 11.5 Å². The molecule has 40 heavy (non-hydrogen) atoms. The van der Waals surface area contributed by atoms with Gasteiger partial charge in [-0.2, -0.15) is 13.2 Å². The van der Waals surface area contributed by atoms with E-state index in [2.05, 4.69) is 42.5 Å². The monoisotopic (exact) mass is 592 g/mol. The summed E-state index contributed by atoms with van der Waals surface area (Å²) in [5.41, 5.74) is -5.62. The lowest BCUT2D eigenvalue weighted by Crippen LogP contribution is -2.24. The van der Waals surface area contributed by atoms with E-state index in [-0.39, 0.29) is 5.97 Å². The van der Waals surface area contributed by atoms with Gasteiger partial charge in [0.2, 0.25) is 4.90 Å². The molecule has 0 spiro atoms. The van der Waals surface area contributed by atoms with Crippen LogP contribution in [0.3, 0.4) is 0 Å². The lowest BCUT2D eigenvalue weighted by molar-refractivity contribution is -0.0518. The maximum atomic E-state index is 13.0. The van der Waals surface area contributed by atoms with Gasteiger partial charge in [-0.05, 0) is 63.2 Å². The first-order valence-corrected chi connectivity index (χ1v) is 14.5. The van der Waals surface area contributed by atoms with E-state index in [4.69, 9.17) is 22.4 Å². The largest absolute Gasteiger partial charge is 0.741 e. The van der Waals surface area contributed by atoms with Crippen molar-refractivity contribution in [1.82, 2.24) is 0 Å². The van der Waals surface area contributed by atoms with Gasteiger partial charge in [0.05, 0.1) is 12.7 Å². The number of hydrogen-bond acceptors (Lipinski definition) is 6. The molecular formula is C29H27F3O6S2. The van der Waals surface area contributed by atoms with Gasteiger partial charge in [0.25, 0.3) is 0 Å². The molecule has 0 aliphatic rings. The van der Waals surface area contributed by atoms with Crippen LogP contribution in [0, 0.1) is 0 Å². The molecule has 0 aliphatic carbocycles. The maximum Gasteiger partial charge on any atom is 0.485 e. The van der Waals surface area contributed by atoms with Crippen molar-refractivity contribution in [3.63, 3.8) is 0 Å². The first-order chi connectivity index (χ1) is 18.6. The molecule has 0 heterocycles. The van der Waals surface area contributed by atoms with E-state index in [1.54, 1.807) is 7.11 Å². The minimum atomic E-state index is -6.09. The Hall–Kier alpha value is -3.54. The number of carbonyl (C=O) groups excluding carboxylic acids is 1. The SMILES string of the molecule is COc1ccccc1[S+](c1ccccc1)c1ccc(C(=O)OC(C)(C)C)c2ccccc12.O=S(=O)([O-])C(F)(F)F. The summed E-state index contributed by atoms with van der Waals surface area (Å²) in [6.07, 6.45) is 0. The summed E-state index contributed by atoms with van der Waals surface area (Å²) in [6.45, 7) is 5.65. The molecule has 0 bridgehead atoms. The molecule has 0 aromatic heterocycles. The highest BCUT2D eigenvalue weighted by Gasteiger charge is 2.37. The molecule has 4 rings (SSSR count). The normalized spacial score (nSPS) is 12.7. The average molecular weight is 593 g/mol. The van der Waals surface area contributed by atoms with Gasteiger partial charge in [-0.1, -0.05) is 48.5 Å². The maximum absolute atomic E-state index is 13.0. The highest BCUT2D eigenvalue weighted by Crippen LogP contribution is 2.40. The number of esters is 1. The molecule has 4 aromatic carbocycles. The van der Waals surface area contributed by atoms with Crippen LogP contribution in [0.4, 0.5) is 13.2 Å². The Kier molecular flexibility index (Phi) is 9.55. The van der Waals surface area contributed by atoms with E-state index in [1.807, 2.05) is 69.3 Å². The number of alkyl halides is 3. The van der Waals surface area contributed by atoms with E-state index >= 15 is 0 Å². The summed E-state index contributed by atoms with van der Waals surface area (Å²) in [5, 5.41) is 1.93. The third-order valence-corrected chi connectivity index (χ3v) is 8.16. The van der Waals surface area contributed by atoms with Crippen molar-refractivity contribution in [3.8, 4) is 5.75 Å². The lowest BCUT2D eigenvalue weighted by atomic mass is 10.0. The summed E-state index contributed by atoms with van der Waals surface area (Å²) < 4.78 is 70.3. The highest BCUT2D eigenvalue weighted by atomic mass is 32.2. The van der Waals surface area contributed by atoms with E-state index < -0.39 is 32.1 Å². The summed E-state index contributed by atoms with van der Waals surface area (Å²) in [5.74, 6) is 0.539. The number of hydrogen-bond donors (Lipinski definition) is 0. The molecule has 0 saturated carbocycles. The fourth-order valence-electron chi connectivity index (χ4n) is 3.68. The fraction of sp³-hybridized carbons (Fsp3) is 0.207. The Labute approximate surface area is 233 Å². The molecule has 0 aliphatic heterocycles. The molecule has 0 saturated heterocycles. The number of para-hydroxylation sites is 1. The van der Waals surface area contributed by atoms with E-state index in [0.717, 1.165) is 26.3 Å². The zero-order chi connectivity index (χ0) is 29.7. The molecule has 0 N–H and O–H groups in total. The Morgan fingerprint density at radius 3 is 1.85 bits per heavy atom. The molecule has 6 nitrogen and oxygen atoms in total. The summed E-state index contributed by atoms with van der Waals surface area (Å²) in [7, 11) is -4.81. The summed E-state index contributed by atoms with van der Waals surface area (Å²) >= 11 is 0. The van der Waals surface area contributed by atoms with Crippen LogP contribution in [0.15, 0.2) is 106 Å². The Bertz CT molecular complexity index is 1580. The molecule has 0 radical (unpaired) electrons. The van der Waals surface area contributed by atoms with Crippen molar-refractivity contribution in [1.29, 1.82) is 0 Å². The van der Waals surface area contributed by atoms with Crippen LogP contribution in [0.2, 0.25) is 0 Å². The molecule has 0 fully saturated rings. The predicted octanol–water partition coefficient (Wildman–Crippen LogP) is 6.95. The lowest BCUT2D eigenvalue weighted by Gasteiger charge is -2.20. The minimum Gasteiger partial charge on any atom is -0.741 e. The quantitative estimate of drug-likeness (QED) is 0.108. The van der Waals surface area contributed by atoms with E-state index in [1.165, 1.54) is 4.90 Å². The smallest absolute Gasteiger partial charge is 0.485 e. The van der Waals surface area contributed by atoms with Crippen LogP contribution in [0.1, 0.15) is 31.1 Å². The Morgan fingerprint density at radius 1 is 0.775 bits per heavy atom. The van der Waals surface area contributed by atoms with Crippen molar-refractivity contribution >= 4 is 37.8 Å². The van der Waals surface area contributed by atoms with Crippen LogP contribution in [0.25, 0.3) is 10.8 Å². The number of benzene rings is 4. The highest BCUT2D eigenvalue weighted by molar-refractivity contribution is 7.97. The van der Waals surface area contributed by atoms with Gasteiger partial charge < -0.3 is 14.0 Å². The molecular weight excluding hydrogens is 565 g/mol. The fourth-order valence-corrected chi connectivity index (χ4v) is 6.02. The van der Waals surface area contributed by atoms with E-state index in [9.17, 15) is 18.0 Å². The molecule has 1 atom stereocenters. The van der Waals surface area contributed by atoms with Crippen LogP contribution < -0.4 is 4.74 Å². The van der Waals surface area contributed by atoms with Gasteiger partial charge in [0.1, 0.15) is 16.5 Å². The Balaban J connectivity index is 0.000000482. The van der Waals surface area contributed by atoms with Crippen molar-refractivity contribution in [2.24, 2.45) is 0 Å². The second-order valence-corrected chi connectivity index (χ2v) is 12.7. The number of fused-ring (bicyclic) bond motifs is 1. The third kappa shape index (κ3) is 7.56. The average Bonchev–Trinajstić information content (AvgIpc) is 2.88. The zero-order valence-electron chi connectivity index (χ0n) is 22.1. The number of ether oxygens (including phenoxy) is 2. The molecule has 4 aromatic rings. The van der Waals surface area contributed by atoms with Gasteiger partial charge in [-0.3, -0.25) is 0 Å². The molecule has 0 amide bonds. The van der Waals surface area contributed by atoms with Crippen molar-refractivity contribution in [3.05, 3.63) is 96.6 Å². The summed E-state index contributed by atoms with van der Waals surface area (Å²) in [4.78, 5) is 16.4. The van der Waals surface area contributed by atoms with Gasteiger partial charge in [-0.25, -0.2) is 13.2 Å². The van der Waals surface area contributed by atoms with Crippen LogP contribution in [0.5, 0.6) is 5.75 Å². The zero-order valence-corrected chi connectivity index (χ0v) is 23.7. The van der Waals surface area contributed by atoms with Gasteiger partial charge in [0.15, 0.2) is 25.7 Å². The second-order valence-electron chi connectivity index (χ2n) is 9.33. The number of rotatable bonds is 5. The van der Waals surface area contributed by atoms with Crippen molar-refractivity contribution in [2.45, 2.75) is 46.6 Å². The van der Waals surface area contributed by atoms with Crippen molar-refractivity contribution < 1.29 is 40.4 Å². The van der Waals surface area contributed by atoms with Gasteiger partial charge in [0, 0.05) is 10.8 Å². The standard InChI is InChI=1S/C28H27O3S.CHF3O3S/c1-28(2,3)31-27(29)23-18-19-25(22-15-9-8-14-21(22)23)32(20-12-6-5-7-13-20)26-17-11-10-16-24(26)30-4;2-1(3,4)8(5,6)7/h5-19H,1-4H3;(H,5,6,7)/q+1;/p-1. The van der Waals surface area contributed by atoms with E-state index in [0.29, 0.717) is 5.56 Å². The molecule has 1 unspecified atom stereocenters. The first-order valence-electron chi connectivity index (χ1n) is 11.8. The number of methoxy groups -OCH3 is 1. The minimum absolute atomic E-state index is 0.308.